The van der Waals surface area contributed by atoms with Gasteiger partial charge >= 0.3 is 5.97 Å². The molecule has 0 saturated heterocycles. The molecule has 0 heterocycles. The summed E-state index contributed by atoms with van der Waals surface area (Å²) in [7, 11) is 1.61. The van der Waals surface area contributed by atoms with Crippen molar-refractivity contribution in [3.8, 4) is 5.75 Å². The minimum atomic E-state index is -0.337. The highest BCUT2D eigenvalue weighted by molar-refractivity contribution is 5.82. The summed E-state index contributed by atoms with van der Waals surface area (Å²) in [5.41, 5.74) is 1.87. The predicted molar refractivity (Wildman–Crippen MR) is 107 cm³/mol. The maximum absolute atomic E-state index is 12.5. The van der Waals surface area contributed by atoms with Crippen molar-refractivity contribution in [2.75, 3.05) is 13.7 Å². The Balaban J connectivity index is 1.66. The molecule has 0 aliphatic heterocycles. The Labute approximate surface area is 165 Å². The largest absolute Gasteiger partial charge is 0.497 e. The van der Waals surface area contributed by atoms with Crippen LogP contribution in [0.2, 0.25) is 0 Å². The lowest BCUT2D eigenvalue weighted by molar-refractivity contribution is -0.153. The summed E-state index contributed by atoms with van der Waals surface area (Å²) < 4.78 is 10.5. The number of nitrogens with one attached hydrogen (secondary N) is 1. The molecule has 28 heavy (non-hydrogen) atoms. The Morgan fingerprint density at radius 1 is 1.04 bits per heavy atom. The molecule has 0 bridgehead atoms. The van der Waals surface area contributed by atoms with Crippen molar-refractivity contribution in [1.82, 2.24) is 5.32 Å². The number of carbonyl (C=O) groups excluding carboxylic acids is 2. The van der Waals surface area contributed by atoms with Crippen LogP contribution in [0.25, 0.3) is 0 Å². The molecule has 2 aromatic carbocycles. The average Bonchev–Trinajstić information content (AvgIpc) is 2.77. The van der Waals surface area contributed by atoms with Gasteiger partial charge in [-0.15, -0.1) is 0 Å². The minimum absolute atomic E-state index is 0.149. The number of ether oxygens (including phenoxy) is 2. The van der Waals surface area contributed by atoms with Crippen LogP contribution in [0.4, 0.5) is 0 Å². The molecule has 0 radical (unpaired) electrons. The molecular formula is C23H25NO4. The molecule has 1 aliphatic carbocycles. The lowest BCUT2D eigenvalue weighted by atomic mass is 9.95. The summed E-state index contributed by atoms with van der Waals surface area (Å²) in [4.78, 5) is 24.6. The van der Waals surface area contributed by atoms with Crippen molar-refractivity contribution in [3.05, 3.63) is 77.9 Å². The predicted octanol–water partition coefficient (Wildman–Crippen LogP) is 3.80. The van der Waals surface area contributed by atoms with Gasteiger partial charge in [-0.1, -0.05) is 54.6 Å². The number of methoxy groups -OCH3 is 1. The van der Waals surface area contributed by atoms with Crippen molar-refractivity contribution in [2.45, 2.75) is 25.3 Å². The molecule has 146 valence electrons. The van der Waals surface area contributed by atoms with E-state index in [0.717, 1.165) is 29.7 Å². The number of rotatable bonds is 7. The Bertz CT molecular complexity index is 814. The number of esters is 1. The van der Waals surface area contributed by atoms with E-state index in [4.69, 9.17) is 9.47 Å². The smallest absolute Gasteiger partial charge is 0.309 e. The lowest BCUT2D eigenvalue weighted by Gasteiger charge is -2.21. The third kappa shape index (κ3) is 5.22. The maximum Gasteiger partial charge on any atom is 0.309 e. The van der Waals surface area contributed by atoms with E-state index in [1.807, 2.05) is 60.7 Å². The summed E-state index contributed by atoms with van der Waals surface area (Å²) in [6.07, 6.45) is 6.38. The standard InChI is InChI=1S/C23H25NO4/c1-27-20-14-12-18(13-15-20)22(17-8-4-2-5-9-17)24-21(25)16-28-23(26)19-10-6-3-7-11-19/h2-6,8-9,12-15,19,22H,7,10-11,16H2,1H3,(H,24,25)/t19-,22-/m0/s1. The second-order valence-electron chi connectivity index (χ2n) is 6.77. The van der Waals surface area contributed by atoms with Gasteiger partial charge in [-0.3, -0.25) is 9.59 Å². The van der Waals surface area contributed by atoms with E-state index in [2.05, 4.69) is 11.4 Å². The quantitative estimate of drug-likeness (QED) is 0.587. The van der Waals surface area contributed by atoms with E-state index < -0.39 is 0 Å². The van der Waals surface area contributed by atoms with Gasteiger partial charge in [-0.25, -0.2) is 0 Å². The zero-order valence-electron chi connectivity index (χ0n) is 16.0. The molecular weight excluding hydrogens is 354 g/mol. The van der Waals surface area contributed by atoms with Crippen LogP contribution in [0.1, 0.15) is 36.4 Å². The monoisotopic (exact) mass is 379 g/mol. The molecule has 3 rings (SSSR count). The van der Waals surface area contributed by atoms with E-state index in [1.54, 1.807) is 7.11 Å². The fourth-order valence-electron chi connectivity index (χ4n) is 3.27. The molecule has 0 aromatic heterocycles. The SMILES string of the molecule is COc1ccc([C@@H](NC(=O)COC(=O)[C@H]2CC=CCC2)c2ccccc2)cc1. The van der Waals surface area contributed by atoms with Gasteiger partial charge in [0, 0.05) is 0 Å². The highest BCUT2D eigenvalue weighted by atomic mass is 16.5. The first-order valence-corrected chi connectivity index (χ1v) is 9.47. The van der Waals surface area contributed by atoms with Crippen molar-refractivity contribution in [3.63, 3.8) is 0 Å². The molecule has 0 spiro atoms. The van der Waals surface area contributed by atoms with Crippen LogP contribution in [-0.2, 0) is 14.3 Å². The van der Waals surface area contributed by atoms with E-state index >= 15 is 0 Å². The number of hydrogen-bond acceptors (Lipinski definition) is 4. The van der Waals surface area contributed by atoms with Gasteiger partial charge < -0.3 is 14.8 Å². The van der Waals surface area contributed by atoms with E-state index in [1.165, 1.54) is 0 Å². The van der Waals surface area contributed by atoms with E-state index in [-0.39, 0.29) is 30.4 Å². The molecule has 1 amide bonds. The van der Waals surface area contributed by atoms with Crippen LogP contribution in [-0.4, -0.2) is 25.6 Å². The first kappa shape index (κ1) is 19.7. The Kier molecular flexibility index (Phi) is 6.84. The molecule has 1 N–H and O–H groups in total. The summed E-state index contributed by atoms with van der Waals surface area (Å²) in [5.74, 6) is -0.0359. The molecule has 5 heteroatoms. The topological polar surface area (TPSA) is 64.6 Å². The second kappa shape index (κ2) is 9.74. The maximum atomic E-state index is 12.5. The molecule has 0 unspecified atom stereocenters. The average molecular weight is 379 g/mol. The van der Waals surface area contributed by atoms with Gasteiger partial charge in [0.2, 0.25) is 0 Å². The highest BCUT2D eigenvalue weighted by Gasteiger charge is 2.22. The molecule has 2 aromatic rings. The first-order valence-electron chi connectivity index (χ1n) is 9.47. The molecule has 2 atom stereocenters. The van der Waals surface area contributed by atoms with Crippen LogP contribution >= 0.6 is 0 Å². The number of amides is 1. The van der Waals surface area contributed by atoms with Gasteiger partial charge in [0.1, 0.15) is 5.75 Å². The normalized spacial score (nSPS) is 16.8. The van der Waals surface area contributed by atoms with Crippen LogP contribution in [0.15, 0.2) is 66.7 Å². The molecule has 0 fully saturated rings. The van der Waals surface area contributed by atoms with Crippen LogP contribution < -0.4 is 10.1 Å². The fourth-order valence-corrected chi connectivity index (χ4v) is 3.27. The molecule has 1 aliphatic rings. The number of carbonyl (C=O) groups is 2. The van der Waals surface area contributed by atoms with Crippen molar-refractivity contribution in [1.29, 1.82) is 0 Å². The zero-order chi connectivity index (χ0) is 19.8. The third-order valence-corrected chi connectivity index (χ3v) is 4.84. The van der Waals surface area contributed by atoms with Crippen LogP contribution in [0.3, 0.4) is 0 Å². The third-order valence-electron chi connectivity index (χ3n) is 4.84. The van der Waals surface area contributed by atoms with Gasteiger partial charge in [0.05, 0.1) is 19.1 Å². The number of hydrogen-bond donors (Lipinski definition) is 1. The summed E-state index contributed by atoms with van der Waals surface area (Å²) in [6, 6.07) is 16.9. The van der Waals surface area contributed by atoms with Crippen molar-refractivity contribution in [2.24, 2.45) is 5.92 Å². The first-order chi connectivity index (χ1) is 13.7. The Morgan fingerprint density at radius 3 is 2.39 bits per heavy atom. The van der Waals surface area contributed by atoms with Gasteiger partial charge in [0.25, 0.3) is 5.91 Å². The Hall–Kier alpha value is -3.08. The van der Waals surface area contributed by atoms with Gasteiger partial charge in [-0.05, 0) is 42.5 Å². The van der Waals surface area contributed by atoms with Gasteiger partial charge in [-0.2, -0.15) is 0 Å². The van der Waals surface area contributed by atoms with E-state index in [0.29, 0.717) is 6.42 Å². The summed E-state index contributed by atoms with van der Waals surface area (Å²) in [5, 5.41) is 2.97. The van der Waals surface area contributed by atoms with Crippen LogP contribution in [0.5, 0.6) is 5.75 Å². The second-order valence-corrected chi connectivity index (χ2v) is 6.77. The summed E-state index contributed by atoms with van der Waals surface area (Å²) >= 11 is 0. The van der Waals surface area contributed by atoms with Crippen molar-refractivity contribution < 1.29 is 19.1 Å². The number of allylic oxidation sites excluding steroid dienone is 2. The van der Waals surface area contributed by atoms with Gasteiger partial charge in [0.15, 0.2) is 6.61 Å². The minimum Gasteiger partial charge on any atom is -0.497 e. The highest BCUT2D eigenvalue weighted by Crippen LogP contribution is 2.24. The van der Waals surface area contributed by atoms with E-state index in [9.17, 15) is 9.59 Å². The Morgan fingerprint density at radius 2 is 1.75 bits per heavy atom. The fraction of sp³-hybridized carbons (Fsp3) is 0.304. The molecule has 5 nitrogen and oxygen atoms in total. The zero-order valence-corrected chi connectivity index (χ0v) is 16.0. The van der Waals surface area contributed by atoms with Crippen LogP contribution in [0, 0.1) is 5.92 Å². The van der Waals surface area contributed by atoms with Crippen molar-refractivity contribution >= 4 is 11.9 Å². The summed E-state index contributed by atoms with van der Waals surface area (Å²) in [6.45, 7) is -0.279. The molecule has 0 saturated carbocycles. The lowest BCUT2D eigenvalue weighted by Crippen LogP contribution is -2.34. The number of benzene rings is 2.